The van der Waals surface area contributed by atoms with Crippen molar-refractivity contribution in [3.8, 4) is 0 Å². The number of carbonyl (C=O) groups excluding carboxylic acids is 2. The SMILES string of the molecule is CC/C=C/CCOC(=O)CCC(=O)OCCCCCCCCCl. The molecule has 0 fully saturated rings. The Morgan fingerprint density at radius 1 is 0.826 bits per heavy atom. The molecule has 0 rings (SSSR count). The third-order valence-electron chi connectivity index (χ3n) is 3.27. The number of allylic oxidation sites excluding steroid dienone is 1. The molecule has 0 saturated heterocycles. The van der Waals surface area contributed by atoms with E-state index in [9.17, 15) is 9.59 Å². The van der Waals surface area contributed by atoms with Crippen molar-refractivity contribution in [2.75, 3.05) is 19.1 Å². The average molecular weight is 347 g/mol. The van der Waals surface area contributed by atoms with Crippen molar-refractivity contribution < 1.29 is 19.1 Å². The van der Waals surface area contributed by atoms with Crippen LogP contribution in [0.4, 0.5) is 0 Å². The van der Waals surface area contributed by atoms with Crippen molar-refractivity contribution in [2.45, 2.75) is 71.1 Å². The number of hydrogen-bond donors (Lipinski definition) is 0. The molecule has 0 saturated carbocycles. The molecule has 0 radical (unpaired) electrons. The molecule has 0 heterocycles. The van der Waals surface area contributed by atoms with Crippen molar-refractivity contribution in [1.29, 1.82) is 0 Å². The minimum absolute atomic E-state index is 0.0920. The number of rotatable bonds is 15. The molecule has 0 amide bonds. The largest absolute Gasteiger partial charge is 0.466 e. The van der Waals surface area contributed by atoms with Gasteiger partial charge in [0.15, 0.2) is 0 Å². The topological polar surface area (TPSA) is 52.6 Å². The van der Waals surface area contributed by atoms with E-state index in [1.54, 1.807) is 0 Å². The number of esters is 2. The van der Waals surface area contributed by atoms with Gasteiger partial charge in [0, 0.05) is 5.88 Å². The van der Waals surface area contributed by atoms with E-state index in [1.807, 2.05) is 12.2 Å². The predicted octanol–water partition coefficient (Wildman–Crippen LogP) is 4.79. The molecule has 0 spiro atoms. The average Bonchev–Trinajstić information content (AvgIpc) is 2.55. The predicted molar refractivity (Wildman–Crippen MR) is 93.6 cm³/mol. The van der Waals surface area contributed by atoms with E-state index in [4.69, 9.17) is 21.1 Å². The summed E-state index contributed by atoms with van der Waals surface area (Å²) in [6, 6.07) is 0. The number of halogens is 1. The number of ether oxygens (including phenoxy) is 2. The van der Waals surface area contributed by atoms with Crippen LogP contribution in [0.3, 0.4) is 0 Å². The van der Waals surface area contributed by atoms with Crippen LogP contribution in [0, 0.1) is 0 Å². The van der Waals surface area contributed by atoms with Gasteiger partial charge in [-0.25, -0.2) is 0 Å². The van der Waals surface area contributed by atoms with E-state index in [0.29, 0.717) is 13.2 Å². The van der Waals surface area contributed by atoms with E-state index in [0.717, 1.165) is 44.4 Å². The Hall–Kier alpha value is -1.03. The number of hydrogen-bond acceptors (Lipinski definition) is 4. The van der Waals surface area contributed by atoms with Crippen LogP contribution in [0.15, 0.2) is 12.2 Å². The summed E-state index contributed by atoms with van der Waals surface area (Å²) < 4.78 is 10.1. The second kappa shape index (κ2) is 17.3. The van der Waals surface area contributed by atoms with Crippen LogP contribution < -0.4 is 0 Å². The van der Waals surface area contributed by atoms with Crippen molar-refractivity contribution >= 4 is 23.5 Å². The van der Waals surface area contributed by atoms with Gasteiger partial charge in [0.2, 0.25) is 0 Å². The lowest BCUT2D eigenvalue weighted by Crippen LogP contribution is -2.11. The van der Waals surface area contributed by atoms with Gasteiger partial charge in [0.1, 0.15) is 0 Å². The summed E-state index contributed by atoms with van der Waals surface area (Å²) >= 11 is 5.61. The summed E-state index contributed by atoms with van der Waals surface area (Å²) in [4.78, 5) is 22.9. The molecule has 0 aromatic carbocycles. The molecular weight excluding hydrogens is 316 g/mol. The fourth-order valence-electron chi connectivity index (χ4n) is 1.96. The lowest BCUT2D eigenvalue weighted by atomic mass is 10.1. The Kier molecular flexibility index (Phi) is 16.5. The highest BCUT2D eigenvalue weighted by molar-refractivity contribution is 6.17. The molecule has 0 aliphatic heterocycles. The first kappa shape index (κ1) is 22.0. The number of alkyl halides is 1. The van der Waals surface area contributed by atoms with Gasteiger partial charge in [-0.3, -0.25) is 9.59 Å². The molecule has 0 aliphatic carbocycles. The monoisotopic (exact) mass is 346 g/mol. The summed E-state index contributed by atoms with van der Waals surface area (Å²) in [7, 11) is 0. The molecule has 0 bridgehead atoms. The Labute approximate surface area is 145 Å². The Bertz CT molecular complexity index is 329. The van der Waals surface area contributed by atoms with Gasteiger partial charge in [-0.05, 0) is 25.7 Å². The van der Waals surface area contributed by atoms with Crippen LogP contribution in [0.1, 0.15) is 71.1 Å². The fourth-order valence-corrected chi connectivity index (χ4v) is 2.15. The highest BCUT2D eigenvalue weighted by Crippen LogP contribution is 2.06. The normalized spacial score (nSPS) is 10.9. The van der Waals surface area contributed by atoms with Gasteiger partial charge < -0.3 is 9.47 Å². The van der Waals surface area contributed by atoms with Crippen LogP contribution in [-0.2, 0) is 19.1 Å². The van der Waals surface area contributed by atoms with Crippen LogP contribution in [0.5, 0.6) is 0 Å². The third-order valence-corrected chi connectivity index (χ3v) is 3.54. The van der Waals surface area contributed by atoms with Crippen molar-refractivity contribution in [3.05, 3.63) is 12.2 Å². The third kappa shape index (κ3) is 17.2. The summed E-state index contributed by atoms with van der Waals surface area (Å²) in [6.07, 6.45) is 12.4. The van der Waals surface area contributed by atoms with Gasteiger partial charge in [-0.1, -0.05) is 44.8 Å². The first-order valence-electron chi connectivity index (χ1n) is 8.73. The highest BCUT2D eigenvalue weighted by Gasteiger charge is 2.08. The molecule has 0 aromatic rings. The summed E-state index contributed by atoms with van der Waals surface area (Å²) in [5.41, 5.74) is 0. The number of unbranched alkanes of at least 4 members (excludes halogenated alkanes) is 5. The molecule has 0 N–H and O–H groups in total. The van der Waals surface area contributed by atoms with Gasteiger partial charge in [0.25, 0.3) is 0 Å². The fraction of sp³-hybridized carbons (Fsp3) is 0.778. The van der Waals surface area contributed by atoms with Gasteiger partial charge in [-0.2, -0.15) is 0 Å². The Morgan fingerprint density at radius 2 is 1.39 bits per heavy atom. The summed E-state index contributed by atoms with van der Waals surface area (Å²) in [5, 5.41) is 0. The molecule has 4 nitrogen and oxygen atoms in total. The van der Waals surface area contributed by atoms with Crippen molar-refractivity contribution in [3.63, 3.8) is 0 Å². The second-order valence-electron chi connectivity index (χ2n) is 5.42. The molecular formula is C18H31ClO4. The van der Waals surface area contributed by atoms with E-state index in [2.05, 4.69) is 6.92 Å². The zero-order valence-electron chi connectivity index (χ0n) is 14.4. The maximum atomic E-state index is 11.5. The van der Waals surface area contributed by atoms with Crippen molar-refractivity contribution in [2.24, 2.45) is 0 Å². The molecule has 5 heteroatoms. The van der Waals surface area contributed by atoms with Crippen molar-refractivity contribution in [1.82, 2.24) is 0 Å². The Morgan fingerprint density at radius 3 is 2.00 bits per heavy atom. The van der Waals surface area contributed by atoms with Crippen LogP contribution in [0.25, 0.3) is 0 Å². The van der Waals surface area contributed by atoms with Crippen LogP contribution in [0.2, 0.25) is 0 Å². The van der Waals surface area contributed by atoms with E-state index in [1.165, 1.54) is 12.8 Å². The first-order chi connectivity index (χ1) is 11.2. The quantitative estimate of drug-likeness (QED) is 0.185. The summed E-state index contributed by atoms with van der Waals surface area (Å²) in [5.74, 6) is 0.0660. The lowest BCUT2D eigenvalue weighted by molar-refractivity contribution is -0.150. The molecule has 0 unspecified atom stereocenters. The van der Waals surface area contributed by atoms with Crippen LogP contribution >= 0.6 is 11.6 Å². The minimum atomic E-state index is -0.342. The number of carbonyl (C=O) groups is 2. The first-order valence-corrected chi connectivity index (χ1v) is 9.26. The molecule has 0 atom stereocenters. The van der Waals surface area contributed by atoms with Gasteiger partial charge >= 0.3 is 11.9 Å². The molecule has 134 valence electrons. The smallest absolute Gasteiger partial charge is 0.306 e. The zero-order chi connectivity index (χ0) is 17.2. The van der Waals surface area contributed by atoms with Crippen LogP contribution in [-0.4, -0.2) is 31.0 Å². The highest BCUT2D eigenvalue weighted by atomic mass is 35.5. The molecule has 0 aromatic heterocycles. The maximum absolute atomic E-state index is 11.5. The lowest BCUT2D eigenvalue weighted by Gasteiger charge is -2.05. The van der Waals surface area contributed by atoms with E-state index < -0.39 is 0 Å². The van der Waals surface area contributed by atoms with E-state index in [-0.39, 0.29) is 24.8 Å². The molecule has 0 aliphatic rings. The second-order valence-corrected chi connectivity index (χ2v) is 5.80. The Balaban J connectivity index is 3.38. The minimum Gasteiger partial charge on any atom is -0.466 e. The standard InChI is InChI=1S/C18H31ClO4/c1-2-3-4-10-15-22-17(20)12-13-18(21)23-16-11-8-6-5-7-9-14-19/h3-4H,2,5-16H2,1H3/b4-3+. The zero-order valence-corrected chi connectivity index (χ0v) is 15.1. The molecule has 23 heavy (non-hydrogen) atoms. The maximum Gasteiger partial charge on any atom is 0.306 e. The van der Waals surface area contributed by atoms with Gasteiger partial charge in [0.05, 0.1) is 26.1 Å². The van der Waals surface area contributed by atoms with E-state index >= 15 is 0 Å². The van der Waals surface area contributed by atoms with Gasteiger partial charge in [-0.15, -0.1) is 11.6 Å². The summed E-state index contributed by atoms with van der Waals surface area (Å²) in [6.45, 7) is 2.86.